The second-order valence-electron chi connectivity index (χ2n) is 6.55. The molecule has 0 aliphatic heterocycles. The van der Waals surface area contributed by atoms with Gasteiger partial charge in [-0.15, -0.1) is 0 Å². The van der Waals surface area contributed by atoms with E-state index < -0.39 is 17.7 Å². The maximum absolute atomic E-state index is 12.1. The van der Waals surface area contributed by atoms with Crippen molar-refractivity contribution in [1.29, 1.82) is 0 Å². The summed E-state index contributed by atoms with van der Waals surface area (Å²) in [7, 11) is 1.28. The summed E-state index contributed by atoms with van der Waals surface area (Å²) in [6, 6.07) is 6.13. The fraction of sp³-hybridized carbons (Fsp3) is 0.471. The van der Waals surface area contributed by atoms with Crippen LogP contribution in [0.4, 0.5) is 4.79 Å². The lowest BCUT2D eigenvalue weighted by atomic mass is 9.91. The Bertz CT molecular complexity index is 619. The number of esters is 1. The Kier molecular flexibility index (Phi) is 6.09. The number of ether oxygens (including phenoxy) is 2. The standard InChI is InChI=1S/C17H24N2O5/c1-11(20)17(5,24-15(22)18-19-16(2,3)4)13-9-7-12(8-10-13)14(21)23-6/h7-10,19H,1-6H3,(H,18,22). The van der Waals surface area contributed by atoms with Crippen molar-refractivity contribution in [2.24, 2.45) is 0 Å². The number of Topliss-reactive ketones (excluding diaryl/α,β-unsaturated/α-hetero) is 1. The number of hydrogen-bond acceptors (Lipinski definition) is 6. The molecular formula is C17H24N2O5. The molecule has 1 amide bonds. The van der Waals surface area contributed by atoms with Gasteiger partial charge in [0.25, 0.3) is 0 Å². The third kappa shape index (κ3) is 5.06. The zero-order chi connectivity index (χ0) is 18.5. The van der Waals surface area contributed by atoms with Gasteiger partial charge in [-0.25, -0.2) is 15.0 Å². The summed E-state index contributed by atoms with van der Waals surface area (Å²) in [5.74, 6) is -0.835. The molecule has 0 saturated carbocycles. The van der Waals surface area contributed by atoms with Gasteiger partial charge in [-0.2, -0.15) is 0 Å². The average molecular weight is 336 g/mol. The Labute approximate surface area is 141 Å². The molecule has 7 nitrogen and oxygen atoms in total. The van der Waals surface area contributed by atoms with Crippen LogP contribution in [0.25, 0.3) is 0 Å². The van der Waals surface area contributed by atoms with E-state index in [1.165, 1.54) is 33.1 Å². The van der Waals surface area contributed by atoms with Crippen LogP contribution in [0.3, 0.4) is 0 Å². The summed E-state index contributed by atoms with van der Waals surface area (Å²) in [6.45, 7) is 8.42. The van der Waals surface area contributed by atoms with E-state index in [1.807, 2.05) is 20.8 Å². The molecule has 1 rings (SSSR count). The van der Waals surface area contributed by atoms with Crippen LogP contribution in [0.1, 0.15) is 50.5 Å². The molecule has 1 aromatic carbocycles. The van der Waals surface area contributed by atoms with Gasteiger partial charge in [-0.05, 0) is 46.8 Å². The first kappa shape index (κ1) is 19.6. The van der Waals surface area contributed by atoms with Crippen LogP contribution in [-0.2, 0) is 19.9 Å². The van der Waals surface area contributed by atoms with E-state index in [0.29, 0.717) is 11.1 Å². The number of benzene rings is 1. The Balaban J connectivity index is 2.97. The number of carbonyl (C=O) groups excluding carboxylic acids is 3. The van der Waals surface area contributed by atoms with Crippen molar-refractivity contribution in [1.82, 2.24) is 10.9 Å². The Morgan fingerprint density at radius 1 is 1.00 bits per heavy atom. The quantitative estimate of drug-likeness (QED) is 0.633. The number of hydrazine groups is 1. The van der Waals surface area contributed by atoms with Crippen molar-refractivity contribution >= 4 is 17.8 Å². The van der Waals surface area contributed by atoms with E-state index in [-0.39, 0.29) is 11.3 Å². The lowest BCUT2D eigenvalue weighted by Gasteiger charge is -2.29. The van der Waals surface area contributed by atoms with E-state index in [9.17, 15) is 14.4 Å². The first-order valence-electron chi connectivity index (χ1n) is 7.45. The maximum Gasteiger partial charge on any atom is 0.422 e. The van der Waals surface area contributed by atoms with Gasteiger partial charge in [0.05, 0.1) is 12.7 Å². The average Bonchev–Trinajstić information content (AvgIpc) is 2.51. The fourth-order valence-electron chi connectivity index (χ4n) is 1.83. The van der Waals surface area contributed by atoms with Crippen LogP contribution in [0.2, 0.25) is 0 Å². The van der Waals surface area contributed by atoms with Crippen molar-refractivity contribution in [3.8, 4) is 0 Å². The van der Waals surface area contributed by atoms with Gasteiger partial charge in [0.15, 0.2) is 11.4 Å². The number of hydrogen-bond donors (Lipinski definition) is 2. The molecule has 7 heteroatoms. The van der Waals surface area contributed by atoms with Gasteiger partial charge in [0.2, 0.25) is 0 Å². The second kappa shape index (κ2) is 7.44. The monoisotopic (exact) mass is 336 g/mol. The first-order chi connectivity index (χ1) is 11.0. The first-order valence-corrected chi connectivity index (χ1v) is 7.45. The summed E-state index contributed by atoms with van der Waals surface area (Å²) in [5.41, 5.74) is 4.14. The number of carbonyl (C=O) groups is 3. The Morgan fingerprint density at radius 2 is 1.54 bits per heavy atom. The highest BCUT2D eigenvalue weighted by Crippen LogP contribution is 2.27. The Morgan fingerprint density at radius 3 is 1.96 bits per heavy atom. The predicted molar refractivity (Wildman–Crippen MR) is 88.3 cm³/mol. The zero-order valence-electron chi connectivity index (χ0n) is 14.9. The second-order valence-corrected chi connectivity index (χ2v) is 6.55. The number of rotatable bonds is 5. The van der Waals surface area contributed by atoms with Crippen molar-refractivity contribution in [3.05, 3.63) is 35.4 Å². The Hall–Kier alpha value is -2.41. The highest BCUT2D eigenvalue weighted by atomic mass is 16.6. The third-order valence-electron chi connectivity index (χ3n) is 3.37. The van der Waals surface area contributed by atoms with E-state index in [0.717, 1.165) is 0 Å². The lowest BCUT2D eigenvalue weighted by Crippen LogP contribution is -2.51. The van der Waals surface area contributed by atoms with Gasteiger partial charge >= 0.3 is 12.1 Å². The summed E-state index contributed by atoms with van der Waals surface area (Å²) >= 11 is 0. The van der Waals surface area contributed by atoms with E-state index >= 15 is 0 Å². The summed E-state index contributed by atoms with van der Waals surface area (Å²) in [5, 5.41) is 0. The normalized spacial score (nSPS) is 13.6. The van der Waals surface area contributed by atoms with Gasteiger partial charge in [0.1, 0.15) is 0 Å². The topological polar surface area (TPSA) is 93.7 Å². The van der Waals surface area contributed by atoms with Crippen LogP contribution < -0.4 is 10.9 Å². The van der Waals surface area contributed by atoms with Crippen molar-refractivity contribution in [2.75, 3.05) is 7.11 Å². The van der Waals surface area contributed by atoms with Crippen LogP contribution in [-0.4, -0.2) is 30.5 Å². The molecule has 2 N–H and O–H groups in total. The van der Waals surface area contributed by atoms with E-state index in [4.69, 9.17) is 4.74 Å². The molecule has 132 valence electrons. The predicted octanol–water partition coefficient (Wildman–Crippen LogP) is 2.31. The van der Waals surface area contributed by atoms with Crippen LogP contribution >= 0.6 is 0 Å². The molecule has 1 atom stereocenters. The fourth-order valence-corrected chi connectivity index (χ4v) is 1.83. The molecule has 0 spiro atoms. The molecule has 1 unspecified atom stereocenters. The summed E-state index contributed by atoms with van der Waals surface area (Å²) in [4.78, 5) is 35.5. The van der Waals surface area contributed by atoms with Gasteiger partial charge in [-0.1, -0.05) is 12.1 Å². The molecule has 24 heavy (non-hydrogen) atoms. The van der Waals surface area contributed by atoms with Crippen LogP contribution in [0.15, 0.2) is 24.3 Å². The zero-order valence-corrected chi connectivity index (χ0v) is 14.9. The number of methoxy groups -OCH3 is 1. The van der Waals surface area contributed by atoms with Crippen molar-refractivity contribution in [2.45, 2.75) is 45.8 Å². The molecule has 0 aliphatic rings. The number of ketones is 1. The summed E-state index contributed by atoms with van der Waals surface area (Å²) in [6.07, 6.45) is -0.778. The highest BCUT2D eigenvalue weighted by molar-refractivity contribution is 5.91. The highest BCUT2D eigenvalue weighted by Gasteiger charge is 2.36. The SMILES string of the molecule is COC(=O)c1ccc(C(C)(OC(=O)NNC(C)(C)C)C(C)=O)cc1. The van der Waals surface area contributed by atoms with Crippen LogP contribution in [0.5, 0.6) is 0 Å². The number of nitrogens with one attached hydrogen (secondary N) is 2. The summed E-state index contributed by atoms with van der Waals surface area (Å²) < 4.78 is 9.96. The minimum atomic E-state index is -1.47. The van der Waals surface area contributed by atoms with Gasteiger partial charge < -0.3 is 9.47 Å². The van der Waals surface area contributed by atoms with Gasteiger partial charge in [-0.3, -0.25) is 10.2 Å². The lowest BCUT2D eigenvalue weighted by molar-refractivity contribution is -0.134. The van der Waals surface area contributed by atoms with Crippen molar-refractivity contribution in [3.63, 3.8) is 0 Å². The molecule has 0 fully saturated rings. The minimum Gasteiger partial charge on any atom is -0.465 e. The molecule has 0 radical (unpaired) electrons. The van der Waals surface area contributed by atoms with E-state index in [2.05, 4.69) is 15.6 Å². The smallest absolute Gasteiger partial charge is 0.422 e. The van der Waals surface area contributed by atoms with Crippen molar-refractivity contribution < 1.29 is 23.9 Å². The number of amides is 1. The molecule has 0 saturated heterocycles. The third-order valence-corrected chi connectivity index (χ3v) is 3.37. The molecule has 0 bridgehead atoms. The molecule has 1 aromatic rings. The largest absolute Gasteiger partial charge is 0.465 e. The van der Waals surface area contributed by atoms with Gasteiger partial charge in [0, 0.05) is 11.1 Å². The van der Waals surface area contributed by atoms with Crippen LogP contribution in [0, 0.1) is 0 Å². The molecule has 0 heterocycles. The minimum absolute atomic E-state index is 0.339. The molecule has 0 aromatic heterocycles. The van der Waals surface area contributed by atoms with E-state index in [1.54, 1.807) is 12.1 Å². The molecule has 0 aliphatic carbocycles. The molecular weight excluding hydrogens is 312 g/mol. The maximum atomic E-state index is 12.1.